The first-order valence-corrected chi connectivity index (χ1v) is 8.55. The van der Waals surface area contributed by atoms with Gasteiger partial charge >= 0.3 is 0 Å². The molecule has 0 fully saturated rings. The van der Waals surface area contributed by atoms with Crippen LogP contribution in [-0.4, -0.2) is 30.0 Å². The van der Waals surface area contributed by atoms with Crippen molar-refractivity contribution in [2.45, 2.75) is 80.3 Å². The van der Waals surface area contributed by atoms with E-state index in [0.29, 0.717) is 0 Å². The van der Waals surface area contributed by atoms with Crippen molar-refractivity contribution in [2.75, 3.05) is 0 Å². The van der Waals surface area contributed by atoms with Crippen LogP contribution in [-0.2, 0) is 13.1 Å². The largest absolute Gasteiger partial charge is 0.253 e. The van der Waals surface area contributed by atoms with Crippen LogP contribution in [0.2, 0.25) is 0 Å². The third kappa shape index (κ3) is 13.3. The fraction of sp³-hybridized carbons (Fsp3) is 0.750. The van der Waals surface area contributed by atoms with Gasteiger partial charge in [-0.1, -0.05) is 59.6 Å². The van der Waals surface area contributed by atoms with E-state index >= 15 is 0 Å². The Hall–Kier alpha value is -1.72. The summed E-state index contributed by atoms with van der Waals surface area (Å²) in [4.78, 5) is 1.71. The van der Waals surface area contributed by atoms with Gasteiger partial charge in [0.05, 0.1) is 25.1 Å². The van der Waals surface area contributed by atoms with Crippen LogP contribution in [0.5, 0.6) is 0 Å². The average Bonchev–Trinajstić information content (AvgIpc) is 3.29. The summed E-state index contributed by atoms with van der Waals surface area (Å²) >= 11 is 0. The summed E-state index contributed by atoms with van der Waals surface area (Å²) in [6, 6.07) is 0. The van der Waals surface area contributed by atoms with Crippen molar-refractivity contribution in [3.05, 3.63) is 24.8 Å². The Morgan fingerprint density at radius 2 is 1.32 bits per heavy atom. The van der Waals surface area contributed by atoms with Crippen molar-refractivity contribution in [3.63, 3.8) is 0 Å². The second-order valence-electron chi connectivity index (χ2n) is 4.00. The predicted molar refractivity (Wildman–Crippen MR) is 92.6 cm³/mol. The molecule has 0 atom stereocenters. The quantitative estimate of drug-likeness (QED) is 0.802. The van der Waals surface area contributed by atoms with Gasteiger partial charge in [-0.15, -0.1) is 5.10 Å². The second kappa shape index (κ2) is 19.3. The van der Waals surface area contributed by atoms with E-state index in [1.165, 1.54) is 19.3 Å². The summed E-state index contributed by atoms with van der Waals surface area (Å²) in [5.74, 6) is 0. The number of hydrogen-bond donors (Lipinski definition) is 0. The first-order chi connectivity index (χ1) is 10.9. The van der Waals surface area contributed by atoms with E-state index in [0.717, 1.165) is 19.5 Å². The van der Waals surface area contributed by atoms with Crippen molar-refractivity contribution in [2.24, 2.45) is 0 Å². The van der Waals surface area contributed by atoms with Crippen molar-refractivity contribution in [1.29, 1.82) is 0 Å². The molecule has 0 amide bonds. The SMILES string of the molecule is CC.CC.CCCCn1ccnn1.CCCCn1nccn1. The van der Waals surface area contributed by atoms with Crippen LogP contribution in [0, 0.1) is 0 Å². The highest BCUT2D eigenvalue weighted by Gasteiger charge is 1.87. The lowest BCUT2D eigenvalue weighted by Gasteiger charge is -1.94. The zero-order chi connectivity index (χ0) is 17.1. The smallest absolute Gasteiger partial charge is 0.0693 e. The van der Waals surface area contributed by atoms with Gasteiger partial charge in [-0.25, -0.2) is 0 Å². The van der Waals surface area contributed by atoms with Crippen molar-refractivity contribution >= 4 is 0 Å². The molecule has 2 aromatic rings. The lowest BCUT2D eigenvalue weighted by molar-refractivity contribution is 0.508. The van der Waals surface area contributed by atoms with Crippen molar-refractivity contribution in [3.8, 4) is 0 Å². The average molecular weight is 310 g/mol. The molecule has 0 bridgehead atoms. The van der Waals surface area contributed by atoms with Crippen LogP contribution < -0.4 is 0 Å². The summed E-state index contributed by atoms with van der Waals surface area (Å²) in [6.45, 7) is 14.3. The molecule has 2 aromatic heterocycles. The Labute approximate surface area is 135 Å². The summed E-state index contributed by atoms with van der Waals surface area (Å²) in [7, 11) is 0. The predicted octanol–water partition coefficient (Wildman–Crippen LogP) is 4.21. The van der Waals surface area contributed by atoms with E-state index in [2.05, 4.69) is 34.4 Å². The van der Waals surface area contributed by atoms with Gasteiger partial charge in [-0.2, -0.15) is 15.0 Å². The molecule has 0 radical (unpaired) electrons. The zero-order valence-electron chi connectivity index (χ0n) is 15.2. The topological polar surface area (TPSA) is 61.4 Å². The Bertz CT molecular complexity index is 331. The molecule has 0 saturated heterocycles. The number of unbranched alkanes of at least 4 members (excludes halogenated alkanes) is 2. The molecule has 2 heterocycles. The number of rotatable bonds is 6. The van der Waals surface area contributed by atoms with E-state index in [9.17, 15) is 0 Å². The normalized spacial score (nSPS) is 8.64. The summed E-state index contributed by atoms with van der Waals surface area (Å²) in [5.41, 5.74) is 0. The molecule has 2 rings (SSSR count). The number of aryl methyl sites for hydroxylation is 2. The molecule has 0 aromatic carbocycles. The Balaban J connectivity index is 0. The second-order valence-corrected chi connectivity index (χ2v) is 4.00. The Morgan fingerprint density at radius 1 is 0.773 bits per heavy atom. The number of hydrogen-bond acceptors (Lipinski definition) is 4. The lowest BCUT2D eigenvalue weighted by atomic mass is 10.3. The maximum atomic E-state index is 3.96. The molecule has 6 nitrogen and oxygen atoms in total. The minimum atomic E-state index is 0.948. The van der Waals surface area contributed by atoms with Crippen LogP contribution in [0.3, 0.4) is 0 Å². The monoisotopic (exact) mass is 310 g/mol. The zero-order valence-corrected chi connectivity index (χ0v) is 15.2. The molecule has 128 valence electrons. The Morgan fingerprint density at radius 3 is 1.77 bits per heavy atom. The molecule has 0 aliphatic heterocycles. The van der Waals surface area contributed by atoms with Crippen molar-refractivity contribution < 1.29 is 0 Å². The van der Waals surface area contributed by atoms with E-state index in [1.807, 2.05) is 38.6 Å². The fourth-order valence-corrected chi connectivity index (χ4v) is 1.33. The van der Waals surface area contributed by atoms with Gasteiger partial charge in [0.2, 0.25) is 0 Å². The highest BCUT2D eigenvalue weighted by molar-refractivity contribution is 4.63. The van der Waals surface area contributed by atoms with Gasteiger partial charge in [0.1, 0.15) is 0 Å². The van der Waals surface area contributed by atoms with Crippen LogP contribution in [0.15, 0.2) is 24.8 Å². The van der Waals surface area contributed by atoms with E-state index in [1.54, 1.807) is 23.4 Å². The Kier molecular flexibility index (Phi) is 19.8. The first-order valence-electron chi connectivity index (χ1n) is 8.55. The molecule has 0 saturated carbocycles. The van der Waals surface area contributed by atoms with E-state index in [4.69, 9.17) is 0 Å². The molecule has 0 aliphatic carbocycles. The van der Waals surface area contributed by atoms with Gasteiger partial charge in [0, 0.05) is 12.7 Å². The first kappa shape index (κ1) is 22.6. The molecule has 0 spiro atoms. The van der Waals surface area contributed by atoms with Crippen LogP contribution in [0.1, 0.15) is 67.2 Å². The maximum Gasteiger partial charge on any atom is 0.0693 e. The number of aromatic nitrogens is 6. The summed E-state index contributed by atoms with van der Waals surface area (Å²) in [5, 5.41) is 15.4. The number of nitrogens with zero attached hydrogens (tertiary/aromatic N) is 6. The molecule has 0 aliphatic rings. The van der Waals surface area contributed by atoms with Gasteiger partial charge in [0.15, 0.2) is 0 Å². The molecular weight excluding hydrogens is 276 g/mol. The third-order valence-corrected chi connectivity index (χ3v) is 2.39. The van der Waals surface area contributed by atoms with E-state index < -0.39 is 0 Å². The molecule has 6 heteroatoms. The summed E-state index contributed by atoms with van der Waals surface area (Å²) < 4.78 is 1.85. The van der Waals surface area contributed by atoms with Crippen molar-refractivity contribution in [1.82, 2.24) is 30.0 Å². The summed E-state index contributed by atoms with van der Waals surface area (Å²) in [6.07, 6.45) is 11.7. The maximum absolute atomic E-state index is 3.96. The molecule has 22 heavy (non-hydrogen) atoms. The lowest BCUT2D eigenvalue weighted by Crippen LogP contribution is -2.00. The highest BCUT2D eigenvalue weighted by atomic mass is 15.5. The van der Waals surface area contributed by atoms with Crippen LogP contribution >= 0.6 is 0 Å². The fourth-order valence-electron chi connectivity index (χ4n) is 1.33. The third-order valence-electron chi connectivity index (χ3n) is 2.39. The van der Waals surface area contributed by atoms with E-state index in [-0.39, 0.29) is 0 Å². The van der Waals surface area contributed by atoms with Crippen LogP contribution in [0.25, 0.3) is 0 Å². The molecular formula is C16H34N6. The van der Waals surface area contributed by atoms with Gasteiger partial charge < -0.3 is 0 Å². The highest BCUT2D eigenvalue weighted by Crippen LogP contribution is 1.90. The van der Waals surface area contributed by atoms with Gasteiger partial charge in [0.25, 0.3) is 0 Å². The molecule has 0 unspecified atom stereocenters. The minimum Gasteiger partial charge on any atom is -0.253 e. The van der Waals surface area contributed by atoms with Crippen LogP contribution in [0.4, 0.5) is 0 Å². The minimum absolute atomic E-state index is 0.948. The van der Waals surface area contributed by atoms with Gasteiger partial charge in [-0.05, 0) is 12.8 Å². The molecule has 0 N–H and O–H groups in total. The standard InChI is InChI=1S/2C6H11N3.2C2H6/c1-2-3-6-9-7-4-5-8-9;1-2-3-5-9-6-4-7-8-9;2*1-2/h4-5H,2-3,6H2,1H3;4,6H,2-3,5H2,1H3;2*1-2H3. The van der Waals surface area contributed by atoms with Gasteiger partial charge in [-0.3, -0.25) is 4.68 Å².